The molecule has 0 amide bonds. The van der Waals surface area contributed by atoms with Crippen LogP contribution in [0.4, 0.5) is 0 Å². The average molecular weight is 509 g/mol. The second-order valence-electron chi connectivity index (χ2n) is 9.56. The van der Waals surface area contributed by atoms with Gasteiger partial charge in [0.15, 0.2) is 0 Å². The molecular weight excluding hydrogens is 456 g/mol. The van der Waals surface area contributed by atoms with Crippen molar-refractivity contribution in [2.75, 3.05) is 32.7 Å². The molecule has 0 aromatic heterocycles. The van der Waals surface area contributed by atoms with Gasteiger partial charge >= 0.3 is 0 Å². The van der Waals surface area contributed by atoms with Crippen LogP contribution in [0.1, 0.15) is 96.8 Å². The topological polar surface area (TPSA) is 109 Å². The molecule has 8 heteroatoms. The Kier molecular flexibility index (Phi) is 20.0. The molecule has 0 spiro atoms. The van der Waals surface area contributed by atoms with Crippen molar-refractivity contribution in [2.45, 2.75) is 133 Å². The Balaban J connectivity index is 1.97. The molecule has 1 rings (SSSR count). The van der Waals surface area contributed by atoms with Crippen molar-refractivity contribution < 1.29 is 34.6 Å². The highest BCUT2D eigenvalue weighted by molar-refractivity contribution is 7.99. The Hall–Kier alpha value is 0.0700. The van der Waals surface area contributed by atoms with Crippen LogP contribution in [-0.4, -0.2) is 89.1 Å². The highest BCUT2D eigenvalue weighted by atomic mass is 32.2. The molecule has 1 aliphatic heterocycles. The van der Waals surface area contributed by atoms with Crippen LogP contribution in [0.5, 0.6) is 0 Å². The average Bonchev–Trinajstić information content (AvgIpc) is 2.85. The summed E-state index contributed by atoms with van der Waals surface area (Å²) in [5, 5.41) is 39.2. The van der Waals surface area contributed by atoms with Gasteiger partial charge < -0.3 is 34.6 Å². The van der Waals surface area contributed by atoms with E-state index in [1.54, 1.807) is 7.11 Å². The lowest BCUT2D eigenvalue weighted by Gasteiger charge is -2.39. The normalized spacial score (nSPS) is 26.1. The molecule has 0 bridgehead atoms. The van der Waals surface area contributed by atoms with Gasteiger partial charge in [0, 0.05) is 19.5 Å². The van der Waals surface area contributed by atoms with Crippen molar-refractivity contribution >= 4 is 11.8 Å². The number of aliphatic hydroxyl groups is 4. The number of rotatable bonds is 22. The molecule has 7 nitrogen and oxygen atoms in total. The third kappa shape index (κ3) is 14.0. The summed E-state index contributed by atoms with van der Waals surface area (Å²) < 4.78 is 16.7. The van der Waals surface area contributed by atoms with Crippen molar-refractivity contribution in [1.82, 2.24) is 0 Å². The van der Waals surface area contributed by atoms with E-state index in [9.17, 15) is 20.4 Å². The van der Waals surface area contributed by atoms with Gasteiger partial charge in [-0.05, 0) is 6.42 Å². The van der Waals surface area contributed by atoms with Crippen LogP contribution in [-0.2, 0) is 14.2 Å². The molecule has 1 saturated heterocycles. The molecule has 1 fully saturated rings. The maximum Gasteiger partial charge on any atom is 0.132 e. The van der Waals surface area contributed by atoms with Crippen molar-refractivity contribution in [1.29, 1.82) is 0 Å². The first-order valence-corrected chi connectivity index (χ1v) is 14.6. The number of ether oxygens (including phenoxy) is 3. The number of thioether (sulfide) groups is 1. The smallest absolute Gasteiger partial charge is 0.132 e. The number of unbranched alkanes of at least 4 members (excludes halogenated alkanes) is 13. The van der Waals surface area contributed by atoms with E-state index in [2.05, 4.69) is 6.92 Å². The Morgan fingerprint density at radius 3 is 1.79 bits per heavy atom. The minimum absolute atomic E-state index is 0.163. The fourth-order valence-electron chi connectivity index (χ4n) is 4.20. The van der Waals surface area contributed by atoms with Crippen molar-refractivity contribution in [2.24, 2.45) is 0 Å². The fraction of sp³-hybridized carbons (Fsp3) is 1.00. The molecule has 0 unspecified atom stereocenters. The van der Waals surface area contributed by atoms with Crippen molar-refractivity contribution in [3.05, 3.63) is 0 Å². The van der Waals surface area contributed by atoms with Crippen LogP contribution in [0.2, 0.25) is 0 Å². The number of aliphatic hydroxyl groups excluding tert-OH is 4. The van der Waals surface area contributed by atoms with E-state index < -0.39 is 36.5 Å². The zero-order chi connectivity index (χ0) is 25.0. The zero-order valence-electron chi connectivity index (χ0n) is 21.6. The summed E-state index contributed by atoms with van der Waals surface area (Å²) in [4.78, 5) is 0. The van der Waals surface area contributed by atoms with Gasteiger partial charge in [0.05, 0.1) is 19.3 Å². The predicted molar refractivity (Wildman–Crippen MR) is 138 cm³/mol. The standard InChI is InChI=1S/C26H52O7S/c1-3-4-5-6-7-8-9-10-11-12-13-14-15-16-17-32-19-21(31-2)20-34-26-25(30)24(29)23(28)22(18-27)33-26/h21-30H,3-20H2,1-2H3/t21-,22+,23-,24+,25-,26+/m1/s1. The van der Waals surface area contributed by atoms with Crippen LogP contribution in [0.15, 0.2) is 0 Å². The van der Waals surface area contributed by atoms with Gasteiger partial charge in [0.1, 0.15) is 29.9 Å². The van der Waals surface area contributed by atoms with Crippen LogP contribution < -0.4 is 0 Å². The van der Waals surface area contributed by atoms with Crippen molar-refractivity contribution in [3.63, 3.8) is 0 Å². The zero-order valence-corrected chi connectivity index (χ0v) is 22.4. The highest BCUT2D eigenvalue weighted by Crippen LogP contribution is 2.29. The third-order valence-electron chi connectivity index (χ3n) is 6.57. The molecule has 0 aliphatic carbocycles. The summed E-state index contributed by atoms with van der Waals surface area (Å²) in [6.45, 7) is 3.02. The monoisotopic (exact) mass is 508 g/mol. The van der Waals surface area contributed by atoms with E-state index >= 15 is 0 Å². The summed E-state index contributed by atoms with van der Waals surface area (Å²) in [5.41, 5.74) is -0.737. The van der Waals surface area contributed by atoms with E-state index in [-0.39, 0.29) is 6.10 Å². The quantitative estimate of drug-likeness (QED) is 0.162. The van der Waals surface area contributed by atoms with Crippen LogP contribution in [0, 0.1) is 0 Å². The summed E-state index contributed by atoms with van der Waals surface area (Å²) in [7, 11) is 1.62. The second-order valence-corrected chi connectivity index (χ2v) is 10.7. The lowest BCUT2D eigenvalue weighted by atomic mass is 10.0. The largest absolute Gasteiger partial charge is 0.394 e. The van der Waals surface area contributed by atoms with E-state index in [0.29, 0.717) is 19.0 Å². The van der Waals surface area contributed by atoms with E-state index in [0.717, 1.165) is 6.42 Å². The molecule has 1 aliphatic rings. The number of hydrogen-bond acceptors (Lipinski definition) is 8. The van der Waals surface area contributed by atoms with Gasteiger partial charge in [-0.25, -0.2) is 0 Å². The molecule has 0 saturated carbocycles. The summed E-state index contributed by atoms with van der Waals surface area (Å²) >= 11 is 1.29. The maximum atomic E-state index is 10.1. The first-order valence-electron chi connectivity index (χ1n) is 13.6. The van der Waals surface area contributed by atoms with Crippen LogP contribution >= 0.6 is 11.8 Å². The van der Waals surface area contributed by atoms with Crippen molar-refractivity contribution in [3.8, 4) is 0 Å². The molecule has 0 radical (unpaired) electrons. The Morgan fingerprint density at radius 1 is 0.765 bits per heavy atom. The van der Waals surface area contributed by atoms with Gasteiger partial charge in [-0.3, -0.25) is 0 Å². The lowest BCUT2D eigenvalue weighted by molar-refractivity contribution is -0.205. The van der Waals surface area contributed by atoms with Gasteiger partial charge in [-0.15, -0.1) is 11.8 Å². The predicted octanol–water partition coefficient (Wildman–Crippen LogP) is 4.03. The number of hydrogen-bond donors (Lipinski definition) is 4. The van der Waals surface area contributed by atoms with Crippen LogP contribution in [0.25, 0.3) is 0 Å². The molecule has 204 valence electrons. The summed E-state index contributed by atoms with van der Waals surface area (Å²) in [6, 6.07) is 0. The van der Waals surface area contributed by atoms with Gasteiger partial charge in [0.25, 0.3) is 0 Å². The molecular formula is C26H52O7S. The molecule has 4 N–H and O–H groups in total. The maximum absolute atomic E-state index is 10.1. The lowest BCUT2D eigenvalue weighted by Crippen LogP contribution is -2.57. The molecule has 34 heavy (non-hydrogen) atoms. The third-order valence-corrected chi connectivity index (χ3v) is 7.86. The first kappa shape index (κ1) is 32.1. The number of methoxy groups -OCH3 is 1. The highest BCUT2D eigenvalue weighted by Gasteiger charge is 2.43. The Bertz CT molecular complexity index is 455. The SMILES string of the molecule is CCCCCCCCCCCCCCCCOC[C@H](CS[C@@H]1O[C@@H](CO)[C@@H](O)[C@H](O)[C@H]1O)OC. The van der Waals surface area contributed by atoms with E-state index in [1.807, 2.05) is 0 Å². The summed E-state index contributed by atoms with van der Waals surface area (Å²) in [5.74, 6) is 0.512. The van der Waals surface area contributed by atoms with E-state index in [4.69, 9.17) is 14.2 Å². The minimum Gasteiger partial charge on any atom is -0.394 e. The molecule has 0 aromatic carbocycles. The summed E-state index contributed by atoms with van der Waals surface area (Å²) in [6.07, 6.45) is 13.7. The Morgan fingerprint density at radius 2 is 1.29 bits per heavy atom. The molecule has 6 atom stereocenters. The second kappa shape index (κ2) is 21.2. The van der Waals surface area contributed by atoms with Gasteiger partial charge in [-0.1, -0.05) is 90.4 Å². The van der Waals surface area contributed by atoms with Gasteiger partial charge in [0.2, 0.25) is 0 Å². The van der Waals surface area contributed by atoms with Crippen LogP contribution in [0.3, 0.4) is 0 Å². The fourth-order valence-corrected chi connectivity index (χ4v) is 5.42. The Labute approximate surface area is 211 Å². The van der Waals surface area contributed by atoms with Gasteiger partial charge in [-0.2, -0.15) is 0 Å². The minimum atomic E-state index is -1.35. The van der Waals surface area contributed by atoms with E-state index in [1.165, 1.54) is 95.2 Å². The molecule has 1 heterocycles. The molecule has 0 aromatic rings. The first-order chi connectivity index (χ1) is 16.5.